The highest BCUT2D eigenvalue weighted by molar-refractivity contribution is 5.80. The molecule has 0 saturated carbocycles. The second kappa shape index (κ2) is 7.11. The summed E-state index contributed by atoms with van der Waals surface area (Å²) in [6, 6.07) is 15.5. The second-order valence-corrected chi connectivity index (χ2v) is 6.91. The number of hydrogen-bond donors (Lipinski definition) is 0. The third-order valence-electron chi connectivity index (χ3n) is 4.98. The Morgan fingerprint density at radius 2 is 1.73 bits per heavy atom. The maximum Gasteiger partial charge on any atom is 0.160 e. The van der Waals surface area contributed by atoms with Crippen LogP contribution >= 0.6 is 0 Å². The molecule has 0 fully saturated rings. The van der Waals surface area contributed by atoms with Crippen LogP contribution < -0.4 is 0 Å². The largest absolute Gasteiger partial charge is 0.311 e. The van der Waals surface area contributed by atoms with Crippen molar-refractivity contribution in [2.24, 2.45) is 0 Å². The molecule has 146 valence electrons. The molecule has 0 saturated heterocycles. The first kappa shape index (κ1) is 18.1. The fourth-order valence-corrected chi connectivity index (χ4v) is 3.48. The number of hydrogen-bond acceptors (Lipinski definition) is 4. The van der Waals surface area contributed by atoms with Gasteiger partial charge in [0.1, 0.15) is 17.2 Å². The minimum absolute atomic E-state index is 0.166. The molecule has 0 amide bonds. The molecule has 0 unspecified atom stereocenters. The van der Waals surface area contributed by atoms with E-state index in [-0.39, 0.29) is 11.8 Å². The van der Waals surface area contributed by atoms with Gasteiger partial charge in [-0.2, -0.15) is 0 Å². The van der Waals surface area contributed by atoms with Crippen LogP contribution in [0.1, 0.15) is 15.9 Å². The number of aldehydes is 1. The SMILES string of the molecule is O=Cc1c(F)cc(-c2ccc3ncn(Cc4ccc5ncccc5c4)c3n2)cc1F. The van der Waals surface area contributed by atoms with Crippen molar-refractivity contribution in [3.05, 3.63) is 89.9 Å². The number of fused-ring (bicyclic) bond motifs is 2. The van der Waals surface area contributed by atoms with Crippen LogP contribution in [-0.4, -0.2) is 25.8 Å². The molecule has 0 aliphatic heterocycles. The molecule has 0 bridgehead atoms. The first-order valence-corrected chi connectivity index (χ1v) is 9.22. The number of nitrogens with zero attached hydrogens (tertiary/aromatic N) is 4. The van der Waals surface area contributed by atoms with Crippen molar-refractivity contribution < 1.29 is 13.6 Å². The van der Waals surface area contributed by atoms with Gasteiger partial charge in [-0.1, -0.05) is 12.1 Å². The predicted octanol–water partition coefficient (Wildman–Crippen LogP) is 4.79. The van der Waals surface area contributed by atoms with Crippen LogP contribution in [0.15, 0.2) is 67.1 Å². The zero-order valence-corrected chi connectivity index (χ0v) is 15.6. The van der Waals surface area contributed by atoms with Crippen molar-refractivity contribution in [1.82, 2.24) is 19.5 Å². The first-order chi connectivity index (χ1) is 14.6. The minimum Gasteiger partial charge on any atom is -0.311 e. The zero-order chi connectivity index (χ0) is 20.7. The second-order valence-electron chi connectivity index (χ2n) is 6.91. The molecule has 0 spiro atoms. The van der Waals surface area contributed by atoms with Crippen LogP contribution in [0, 0.1) is 11.6 Å². The van der Waals surface area contributed by atoms with Gasteiger partial charge in [-0.3, -0.25) is 9.78 Å². The summed E-state index contributed by atoms with van der Waals surface area (Å²) in [5, 5.41) is 1.04. The zero-order valence-electron chi connectivity index (χ0n) is 15.6. The van der Waals surface area contributed by atoms with Gasteiger partial charge in [-0.25, -0.2) is 18.7 Å². The Morgan fingerprint density at radius 3 is 2.53 bits per heavy atom. The molecular formula is C23H14F2N4O. The van der Waals surface area contributed by atoms with Crippen molar-refractivity contribution in [1.29, 1.82) is 0 Å². The number of halogens is 2. The molecule has 3 aromatic heterocycles. The summed E-state index contributed by atoms with van der Waals surface area (Å²) in [6.45, 7) is 0.532. The molecule has 0 N–H and O–H groups in total. The Morgan fingerprint density at radius 1 is 0.933 bits per heavy atom. The quantitative estimate of drug-likeness (QED) is 0.407. The maximum absolute atomic E-state index is 14.0. The van der Waals surface area contributed by atoms with Crippen LogP contribution in [0.3, 0.4) is 0 Å². The number of aromatic nitrogens is 4. The summed E-state index contributed by atoms with van der Waals surface area (Å²) in [7, 11) is 0. The molecule has 0 aliphatic carbocycles. The van der Waals surface area contributed by atoms with Gasteiger partial charge in [0.25, 0.3) is 0 Å². The summed E-state index contributed by atoms with van der Waals surface area (Å²) in [5.74, 6) is -1.83. The monoisotopic (exact) mass is 400 g/mol. The Kier molecular flexibility index (Phi) is 4.28. The molecule has 7 heteroatoms. The van der Waals surface area contributed by atoms with Crippen LogP contribution in [0.2, 0.25) is 0 Å². The van der Waals surface area contributed by atoms with E-state index < -0.39 is 17.2 Å². The number of benzene rings is 2. The maximum atomic E-state index is 14.0. The lowest BCUT2D eigenvalue weighted by atomic mass is 10.1. The van der Waals surface area contributed by atoms with Crippen molar-refractivity contribution in [3.8, 4) is 11.3 Å². The normalized spacial score (nSPS) is 11.3. The first-order valence-electron chi connectivity index (χ1n) is 9.22. The lowest BCUT2D eigenvalue weighted by Crippen LogP contribution is -2.00. The fourth-order valence-electron chi connectivity index (χ4n) is 3.48. The van der Waals surface area contributed by atoms with Crippen LogP contribution in [0.5, 0.6) is 0 Å². The number of carbonyl (C=O) groups excluding carboxylic acids is 1. The predicted molar refractivity (Wildman–Crippen MR) is 109 cm³/mol. The van der Waals surface area contributed by atoms with Gasteiger partial charge in [0, 0.05) is 17.1 Å². The summed E-state index contributed by atoms with van der Waals surface area (Å²) in [4.78, 5) is 24.1. The lowest BCUT2D eigenvalue weighted by molar-refractivity contribution is 0.111. The van der Waals surface area contributed by atoms with Crippen LogP contribution in [-0.2, 0) is 6.54 Å². The molecular weight excluding hydrogens is 386 g/mol. The van der Waals surface area contributed by atoms with Gasteiger partial charge in [0.15, 0.2) is 11.9 Å². The smallest absolute Gasteiger partial charge is 0.160 e. The van der Waals surface area contributed by atoms with E-state index in [1.807, 2.05) is 28.8 Å². The third kappa shape index (κ3) is 3.10. The van der Waals surface area contributed by atoms with Crippen molar-refractivity contribution >= 4 is 28.4 Å². The highest BCUT2D eigenvalue weighted by atomic mass is 19.1. The van der Waals surface area contributed by atoms with E-state index in [2.05, 4.69) is 21.0 Å². The highest BCUT2D eigenvalue weighted by Gasteiger charge is 2.14. The standard InChI is InChI=1S/C23H14F2N4O/c24-18-9-16(10-19(25)17(18)12-30)21-5-6-22-23(28-21)29(13-27-22)11-14-3-4-20-15(8-14)2-1-7-26-20/h1-10,12-13H,11H2. The van der Waals surface area contributed by atoms with Crippen molar-refractivity contribution in [2.45, 2.75) is 6.54 Å². The Bertz CT molecular complexity index is 1400. The van der Waals surface area contributed by atoms with E-state index in [0.29, 0.717) is 23.4 Å². The summed E-state index contributed by atoms with van der Waals surface area (Å²) < 4.78 is 29.9. The van der Waals surface area contributed by atoms with E-state index in [0.717, 1.165) is 28.6 Å². The van der Waals surface area contributed by atoms with Crippen molar-refractivity contribution in [3.63, 3.8) is 0 Å². The average Bonchev–Trinajstić information content (AvgIpc) is 3.15. The van der Waals surface area contributed by atoms with Crippen molar-refractivity contribution in [2.75, 3.05) is 0 Å². The minimum atomic E-state index is -0.917. The molecule has 5 aromatic rings. The summed E-state index contributed by atoms with van der Waals surface area (Å²) in [5.41, 5.74) is 3.29. The van der Waals surface area contributed by atoms with Gasteiger partial charge in [0.2, 0.25) is 0 Å². The molecule has 30 heavy (non-hydrogen) atoms. The topological polar surface area (TPSA) is 60.7 Å². The number of pyridine rings is 2. The van der Waals surface area contributed by atoms with Gasteiger partial charge in [-0.05, 0) is 48.0 Å². The van der Waals surface area contributed by atoms with Crippen LogP contribution in [0.4, 0.5) is 8.78 Å². The van der Waals surface area contributed by atoms with Crippen LogP contribution in [0.25, 0.3) is 33.3 Å². The number of carbonyl (C=O) groups is 1. The number of rotatable bonds is 4. The van der Waals surface area contributed by atoms with Gasteiger partial charge in [-0.15, -0.1) is 0 Å². The van der Waals surface area contributed by atoms with E-state index in [1.165, 1.54) is 0 Å². The van der Waals surface area contributed by atoms with E-state index >= 15 is 0 Å². The van der Waals surface area contributed by atoms with Gasteiger partial charge >= 0.3 is 0 Å². The Balaban J connectivity index is 1.55. The molecule has 2 aromatic carbocycles. The number of imidazole rings is 1. The molecule has 5 rings (SSSR count). The molecule has 3 heterocycles. The van der Waals surface area contributed by atoms with Gasteiger partial charge < -0.3 is 4.57 Å². The fraction of sp³-hybridized carbons (Fsp3) is 0.0435. The van der Waals surface area contributed by atoms with E-state index in [4.69, 9.17) is 0 Å². The van der Waals surface area contributed by atoms with E-state index in [9.17, 15) is 13.6 Å². The van der Waals surface area contributed by atoms with Gasteiger partial charge in [0.05, 0.1) is 29.6 Å². The molecule has 0 atom stereocenters. The summed E-state index contributed by atoms with van der Waals surface area (Å²) in [6.07, 6.45) is 3.61. The molecule has 0 aliphatic rings. The molecule has 5 nitrogen and oxygen atoms in total. The third-order valence-corrected chi connectivity index (χ3v) is 4.98. The Hall–Kier alpha value is -4.00. The average molecular weight is 400 g/mol. The lowest BCUT2D eigenvalue weighted by Gasteiger charge is -2.08. The Labute approximate surface area is 169 Å². The highest BCUT2D eigenvalue weighted by Crippen LogP contribution is 2.25. The molecule has 0 radical (unpaired) electrons. The van der Waals surface area contributed by atoms with E-state index in [1.54, 1.807) is 24.7 Å². The summed E-state index contributed by atoms with van der Waals surface area (Å²) >= 11 is 0.